The first-order valence-electron chi connectivity index (χ1n) is 9.60. The number of amides is 1. The number of aliphatic hydroxyl groups is 1. The number of aliphatic hydroxyl groups excluding tert-OH is 1. The molecular formula is C21H24ClN3O3. The van der Waals surface area contributed by atoms with Crippen LogP contribution in [0.3, 0.4) is 0 Å². The van der Waals surface area contributed by atoms with Gasteiger partial charge in [-0.25, -0.2) is 0 Å². The molecule has 1 aliphatic heterocycles. The number of benzene rings is 1. The summed E-state index contributed by atoms with van der Waals surface area (Å²) in [6, 6.07) is 11.0. The van der Waals surface area contributed by atoms with Crippen molar-refractivity contribution in [2.45, 2.75) is 25.0 Å². The van der Waals surface area contributed by atoms with Crippen LogP contribution in [0.25, 0.3) is 0 Å². The van der Waals surface area contributed by atoms with Crippen molar-refractivity contribution < 1.29 is 14.6 Å². The maximum Gasteiger partial charge on any atom is 0.241 e. The van der Waals surface area contributed by atoms with Crippen LogP contribution in [0.2, 0.25) is 5.02 Å². The van der Waals surface area contributed by atoms with Crippen LogP contribution in [0.1, 0.15) is 12.8 Å². The highest BCUT2D eigenvalue weighted by Crippen LogP contribution is 2.38. The Hall–Kier alpha value is -2.31. The molecule has 148 valence electrons. The van der Waals surface area contributed by atoms with Crippen molar-refractivity contribution in [3.63, 3.8) is 0 Å². The minimum absolute atomic E-state index is 0.0695. The Morgan fingerprint density at radius 2 is 2.07 bits per heavy atom. The first-order chi connectivity index (χ1) is 13.6. The van der Waals surface area contributed by atoms with E-state index in [0.29, 0.717) is 42.1 Å². The molecule has 1 amide bonds. The molecule has 6 nitrogen and oxygen atoms in total. The normalized spacial score (nSPS) is 26.6. The fourth-order valence-electron chi connectivity index (χ4n) is 4.19. The molecule has 2 heterocycles. The number of anilines is 1. The molecule has 1 aromatic carbocycles. The third kappa shape index (κ3) is 4.39. The van der Waals surface area contributed by atoms with Crippen LogP contribution in [0.4, 0.5) is 5.69 Å². The molecule has 0 radical (unpaired) electrons. The zero-order chi connectivity index (χ0) is 19.5. The van der Waals surface area contributed by atoms with Crippen molar-refractivity contribution in [1.82, 2.24) is 9.88 Å². The number of nitrogens with zero attached hydrogens (tertiary/aromatic N) is 2. The average molecular weight is 402 g/mol. The molecule has 7 heteroatoms. The van der Waals surface area contributed by atoms with Gasteiger partial charge in [0, 0.05) is 30.5 Å². The molecule has 1 saturated carbocycles. The second-order valence-electron chi connectivity index (χ2n) is 7.57. The Kier molecular flexibility index (Phi) is 5.69. The molecular weight excluding hydrogens is 378 g/mol. The van der Waals surface area contributed by atoms with Gasteiger partial charge in [-0.3, -0.25) is 9.78 Å². The molecule has 2 aromatic rings. The summed E-state index contributed by atoms with van der Waals surface area (Å²) in [5.74, 6) is 1.40. The Morgan fingerprint density at radius 3 is 2.82 bits per heavy atom. The maximum atomic E-state index is 12.6. The number of carbonyl (C=O) groups excluding carboxylic acids is 1. The number of pyridine rings is 1. The van der Waals surface area contributed by atoms with Gasteiger partial charge in [0.2, 0.25) is 5.91 Å². The van der Waals surface area contributed by atoms with E-state index in [4.69, 9.17) is 16.3 Å². The van der Waals surface area contributed by atoms with Gasteiger partial charge >= 0.3 is 0 Å². The third-order valence-corrected chi connectivity index (χ3v) is 5.86. The summed E-state index contributed by atoms with van der Waals surface area (Å²) in [6.45, 7) is 1.65. The highest BCUT2D eigenvalue weighted by Gasteiger charge is 2.43. The summed E-state index contributed by atoms with van der Waals surface area (Å²) < 4.78 is 6.00. The molecule has 0 bridgehead atoms. The topological polar surface area (TPSA) is 74.7 Å². The molecule has 0 spiro atoms. The number of hydrogen-bond donors (Lipinski definition) is 2. The minimum atomic E-state index is -0.538. The third-order valence-electron chi connectivity index (χ3n) is 5.63. The van der Waals surface area contributed by atoms with Crippen molar-refractivity contribution in [3.8, 4) is 5.75 Å². The van der Waals surface area contributed by atoms with Gasteiger partial charge in [-0.05, 0) is 55.0 Å². The van der Waals surface area contributed by atoms with Gasteiger partial charge in [0.25, 0.3) is 0 Å². The Morgan fingerprint density at radius 1 is 1.25 bits per heavy atom. The molecule has 0 unspecified atom stereocenters. The summed E-state index contributed by atoms with van der Waals surface area (Å²) >= 11 is 6.02. The van der Waals surface area contributed by atoms with E-state index in [0.717, 1.165) is 12.1 Å². The van der Waals surface area contributed by atoms with Crippen LogP contribution in [0, 0.1) is 11.8 Å². The zero-order valence-electron chi connectivity index (χ0n) is 15.5. The summed E-state index contributed by atoms with van der Waals surface area (Å²) in [5, 5.41) is 14.3. The molecule has 1 aromatic heterocycles. The highest BCUT2D eigenvalue weighted by atomic mass is 35.5. The van der Waals surface area contributed by atoms with Gasteiger partial charge in [0.15, 0.2) is 0 Å². The predicted octanol–water partition coefficient (Wildman–Crippen LogP) is 2.82. The van der Waals surface area contributed by atoms with Gasteiger partial charge < -0.3 is 20.1 Å². The van der Waals surface area contributed by atoms with E-state index >= 15 is 0 Å². The molecule has 2 fully saturated rings. The van der Waals surface area contributed by atoms with Crippen LogP contribution < -0.4 is 10.1 Å². The van der Waals surface area contributed by atoms with Gasteiger partial charge in [0.05, 0.1) is 18.3 Å². The largest absolute Gasteiger partial charge is 0.488 e. The maximum absolute atomic E-state index is 12.6. The van der Waals surface area contributed by atoms with Crippen molar-refractivity contribution in [3.05, 3.63) is 53.8 Å². The van der Waals surface area contributed by atoms with Gasteiger partial charge in [-0.1, -0.05) is 17.7 Å². The number of rotatable bonds is 5. The summed E-state index contributed by atoms with van der Waals surface area (Å²) in [4.78, 5) is 18.5. The van der Waals surface area contributed by atoms with E-state index in [1.54, 1.807) is 24.5 Å². The van der Waals surface area contributed by atoms with E-state index in [1.165, 1.54) is 0 Å². The number of likely N-dealkylation sites (tertiary alicyclic amines) is 1. The fraction of sp³-hybridized carbons (Fsp3) is 0.429. The lowest BCUT2D eigenvalue weighted by Crippen LogP contribution is -2.42. The first kappa shape index (κ1) is 19.0. The number of ether oxygens (including phenoxy) is 1. The Bertz CT molecular complexity index is 820. The van der Waals surface area contributed by atoms with Crippen LogP contribution in [-0.4, -0.2) is 52.7 Å². The summed E-state index contributed by atoms with van der Waals surface area (Å²) in [6.07, 6.45) is 3.97. The molecule has 4 atom stereocenters. The molecule has 1 aliphatic carbocycles. The van der Waals surface area contributed by atoms with Gasteiger partial charge in [-0.2, -0.15) is 0 Å². The average Bonchev–Trinajstić information content (AvgIpc) is 3.10. The van der Waals surface area contributed by atoms with Crippen molar-refractivity contribution in [2.75, 3.05) is 25.0 Å². The second kappa shape index (κ2) is 8.37. The SMILES string of the molecule is O=C(CNc1cccnc1)N1C[C@H]2C[C@@H](Oc3cccc(Cl)c3)[C@H](O)C[C@H]2C1. The minimum Gasteiger partial charge on any atom is -0.488 e. The van der Waals surface area contributed by atoms with Gasteiger partial charge in [-0.15, -0.1) is 0 Å². The number of aromatic nitrogens is 1. The van der Waals surface area contributed by atoms with E-state index < -0.39 is 6.10 Å². The predicted molar refractivity (Wildman–Crippen MR) is 107 cm³/mol. The number of carbonyl (C=O) groups is 1. The quantitative estimate of drug-likeness (QED) is 0.805. The van der Waals surface area contributed by atoms with E-state index in [2.05, 4.69) is 10.3 Å². The van der Waals surface area contributed by atoms with Crippen molar-refractivity contribution in [1.29, 1.82) is 0 Å². The number of nitrogens with one attached hydrogen (secondary N) is 1. The molecule has 4 rings (SSSR count). The zero-order valence-corrected chi connectivity index (χ0v) is 16.3. The molecule has 2 N–H and O–H groups in total. The van der Waals surface area contributed by atoms with Crippen LogP contribution in [0.15, 0.2) is 48.8 Å². The van der Waals surface area contributed by atoms with Crippen molar-refractivity contribution >= 4 is 23.2 Å². The van der Waals surface area contributed by atoms with E-state index in [1.807, 2.05) is 29.2 Å². The smallest absolute Gasteiger partial charge is 0.241 e. The molecule has 28 heavy (non-hydrogen) atoms. The van der Waals surface area contributed by atoms with E-state index in [-0.39, 0.29) is 18.6 Å². The summed E-state index contributed by atoms with van der Waals surface area (Å²) in [7, 11) is 0. The standard InChI is InChI=1S/C21H24ClN3O3/c22-16-3-1-5-18(9-16)28-20-8-15-13-25(12-14(15)7-19(20)26)21(27)11-24-17-4-2-6-23-10-17/h1-6,9-10,14-15,19-20,24,26H,7-8,11-13H2/t14-,15+,19+,20+/m0/s1. The van der Waals surface area contributed by atoms with Crippen LogP contribution in [-0.2, 0) is 4.79 Å². The van der Waals surface area contributed by atoms with Crippen LogP contribution in [0.5, 0.6) is 5.75 Å². The molecule has 2 aliphatic rings. The Labute approximate surface area is 169 Å². The second-order valence-corrected chi connectivity index (χ2v) is 8.00. The van der Waals surface area contributed by atoms with Gasteiger partial charge in [0.1, 0.15) is 11.9 Å². The number of fused-ring (bicyclic) bond motifs is 1. The lowest BCUT2D eigenvalue weighted by atomic mass is 9.78. The number of hydrogen-bond acceptors (Lipinski definition) is 5. The molecule has 1 saturated heterocycles. The monoisotopic (exact) mass is 401 g/mol. The van der Waals surface area contributed by atoms with Crippen molar-refractivity contribution in [2.24, 2.45) is 11.8 Å². The summed E-state index contributed by atoms with van der Waals surface area (Å²) in [5.41, 5.74) is 0.831. The Balaban J connectivity index is 1.32. The van der Waals surface area contributed by atoms with E-state index in [9.17, 15) is 9.90 Å². The lowest BCUT2D eigenvalue weighted by molar-refractivity contribution is -0.128. The highest BCUT2D eigenvalue weighted by molar-refractivity contribution is 6.30. The fourth-order valence-corrected chi connectivity index (χ4v) is 4.37. The van der Waals surface area contributed by atoms with Crippen LogP contribution >= 0.6 is 11.6 Å². The first-order valence-corrected chi connectivity index (χ1v) is 9.98. The lowest BCUT2D eigenvalue weighted by Gasteiger charge is -2.35. The number of halogens is 1.